The summed E-state index contributed by atoms with van der Waals surface area (Å²) in [5, 5.41) is 0.808. The van der Waals surface area contributed by atoms with Crippen molar-refractivity contribution < 1.29 is 0 Å². The fourth-order valence-corrected chi connectivity index (χ4v) is 3.91. The summed E-state index contributed by atoms with van der Waals surface area (Å²) in [6.45, 7) is 0.835. The molecule has 0 atom stereocenters. The Balaban J connectivity index is 1.73. The molecule has 0 aliphatic heterocycles. The quantitative estimate of drug-likeness (QED) is 0.921. The Hall–Kier alpha value is -1.06. The van der Waals surface area contributed by atoms with Crippen LogP contribution in [0.3, 0.4) is 0 Å². The standard InChI is InChI=1S/C17H22ClN3/c18-13-5-8-15-16(9-13)21(14-6-7-14)17(20-15)12-3-1-11(10-19)2-4-12/h5,8-9,11-12,14H,1-4,6-7,10,19H2. The number of nitrogens with zero attached hydrogens (tertiary/aromatic N) is 2. The van der Waals surface area contributed by atoms with Crippen LogP contribution in [0.25, 0.3) is 11.0 Å². The van der Waals surface area contributed by atoms with Gasteiger partial charge >= 0.3 is 0 Å². The highest BCUT2D eigenvalue weighted by atomic mass is 35.5. The summed E-state index contributed by atoms with van der Waals surface area (Å²) >= 11 is 6.19. The lowest BCUT2D eigenvalue weighted by atomic mass is 9.81. The van der Waals surface area contributed by atoms with E-state index in [2.05, 4.69) is 16.7 Å². The number of rotatable bonds is 3. The first-order valence-electron chi connectivity index (χ1n) is 8.13. The number of aromatic nitrogens is 2. The smallest absolute Gasteiger partial charge is 0.113 e. The molecule has 2 fully saturated rings. The molecule has 2 aromatic rings. The number of nitrogens with two attached hydrogens (primary N) is 1. The van der Waals surface area contributed by atoms with Crippen LogP contribution >= 0.6 is 11.6 Å². The molecule has 21 heavy (non-hydrogen) atoms. The molecule has 0 saturated heterocycles. The van der Waals surface area contributed by atoms with Gasteiger partial charge in [-0.3, -0.25) is 0 Å². The summed E-state index contributed by atoms with van der Waals surface area (Å²) in [4.78, 5) is 4.96. The maximum atomic E-state index is 6.19. The van der Waals surface area contributed by atoms with Crippen LogP contribution < -0.4 is 5.73 Å². The van der Waals surface area contributed by atoms with Crippen molar-refractivity contribution in [1.82, 2.24) is 9.55 Å². The highest BCUT2D eigenvalue weighted by Gasteiger charge is 2.32. The van der Waals surface area contributed by atoms with Crippen LogP contribution in [0.1, 0.15) is 56.3 Å². The zero-order valence-electron chi connectivity index (χ0n) is 12.3. The van der Waals surface area contributed by atoms with Crippen LogP contribution in [0.5, 0.6) is 0 Å². The highest BCUT2D eigenvalue weighted by molar-refractivity contribution is 6.31. The number of benzene rings is 1. The Morgan fingerprint density at radius 2 is 1.90 bits per heavy atom. The molecule has 3 nitrogen and oxygen atoms in total. The monoisotopic (exact) mass is 303 g/mol. The molecule has 1 aromatic carbocycles. The van der Waals surface area contributed by atoms with Gasteiger partial charge < -0.3 is 10.3 Å². The Kier molecular flexibility index (Phi) is 3.43. The zero-order chi connectivity index (χ0) is 14.4. The van der Waals surface area contributed by atoms with Gasteiger partial charge in [0.2, 0.25) is 0 Å². The zero-order valence-corrected chi connectivity index (χ0v) is 13.0. The number of hydrogen-bond donors (Lipinski definition) is 1. The van der Waals surface area contributed by atoms with E-state index in [0.29, 0.717) is 12.0 Å². The maximum absolute atomic E-state index is 6.19. The Morgan fingerprint density at radius 1 is 1.14 bits per heavy atom. The Morgan fingerprint density at radius 3 is 2.57 bits per heavy atom. The van der Waals surface area contributed by atoms with Gasteiger partial charge in [0, 0.05) is 17.0 Å². The Bertz CT molecular complexity index is 651. The molecule has 0 spiro atoms. The molecule has 1 aromatic heterocycles. The molecule has 1 heterocycles. The van der Waals surface area contributed by atoms with Crippen LogP contribution in [0, 0.1) is 5.92 Å². The molecular formula is C17H22ClN3. The van der Waals surface area contributed by atoms with Crippen LogP contribution in [0.4, 0.5) is 0 Å². The third-order valence-electron chi connectivity index (χ3n) is 5.14. The van der Waals surface area contributed by atoms with Crippen molar-refractivity contribution in [2.75, 3.05) is 6.54 Å². The summed E-state index contributed by atoms with van der Waals surface area (Å²) < 4.78 is 2.48. The summed E-state index contributed by atoms with van der Waals surface area (Å²) in [7, 11) is 0. The van der Waals surface area contributed by atoms with E-state index in [1.165, 1.54) is 49.9 Å². The third-order valence-corrected chi connectivity index (χ3v) is 5.37. The van der Waals surface area contributed by atoms with Gasteiger partial charge in [0.15, 0.2) is 0 Å². The molecule has 2 saturated carbocycles. The van der Waals surface area contributed by atoms with Crippen molar-refractivity contribution in [2.45, 2.75) is 50.5 Å². The van der Waals surface area contributed by atoms with Gasteiger partial charge in [-0.15, -0.1) is 0 Å². The average molecular weight is 304 g/mol. The minimum absolute atomic E-state index is 0.597. The predicted octanol–water partition coefficient (Wildman–Crippen LogP) is 4.26. The minimum Gasteiger partial charge on any atom is -0.330 e. The maximum Gasteiger partial charge on any atom is 0.113 e. The van der Waals surface area contributed by atoms with Crippen LogP contribution in [0.2, 0.25) is 5.02 Å². The molecule has 2 N–H and O–H groups in total. The van der Waals surface area contributed by atoms with Crippen molar-refractivity contribution in [3.63, 3.8) is 0 Å². The summed E-state index contributed by atoms with van der Waals surface area (Å²) in [6.07, 6.45) is 7.51. The van der Waals surface area contributed by atoms with E-state index in [1.54, 1.807) is 0 Å². The molecule has 0 unspecified atom stereocenters. The highest BCUT2D eigenvalue weighted by Crippen LogP contribution is 2.43. The summed E-state index contributed by atoms with van der Waals surface area (Å²) in [5.74, 6) is 2.61. The molecule has 0 radical (unpaired) electrons. The van der Waals surface area contributed by atoms with E-state index in [9.17, 15) is 0 Å². The van der Waals surface area contributed by atoms with Crippen LogP contribution in [0.15, 0.2) is 18.2 Å². The lowest BCUT2D eigenvalue weighted by Gasteiger charge is -2.27. The average Bonchev–Trinajstić information content (AvgIpc) is 3.28. The molecule has 112 valence electrons. The molecule has 0 amide bonds. The predicted molar refractivity (Wildman–Crippen MR) is 86.8 cm³/mol. The van der Waals surface area contributed by atoms with Crippen molar-refractivity contribution in [1.29, 1.82) is 0 Å². The third kappa shape index (κ3) is 2.47. The van der Waals surface area contributed by atoms with Crippen molar-refractivity contribution >= 4 is 22.6 Å². The molecule has 2 aliphatic carbocycles. The van der Waals surface area contributed by atoms with E-state index in [0.717, 1.165) is 23.0 Å². The lowest BCUT2D eigenvalue weighted by Crippen LogP contribution is -2.22. The topological polar surface area (TPSA) is 43.8 Å². The van der Waals surface area contributed by atoms with Crippen molar-refractivity contribution in [3.8, 4) is 0 Å². The van der Waals surface area contributed by atoms with E-state index < -0.39 is 0 Å². The van der Waals surface area contributed by atoms with Gasteiger partial charge in [-0.2, -0.15) is 0 Å². The molecular weight excluding hydrogens is 282 g/mol. The molecule has 2 aliphatic rings. The molecule has 4 rings (SSSR count). The van der Waals surface area contributed by atoms with E-state index >= 15 is 0 Å². The van der Waals surface area contributed by atoms with Gasteiger partial charge in [-0.05, 0) is 69.2 Å². The minimum atomic E-state index is 0.597. The van der Waals surface area contributed by atoms with E-state index in [1.807, 2.05) is 6.07 Å². The number of imidazole rings is 1. The van der Waals surface area contributed by atoms with E-state index in [-0.39, 0.29) is 0 Å². The van der Waals surface area contributed by atoms with E-state index in [4.69, 9.17) is 22.3 Å². The summed E-state index contributed by atoms with van der Waals surface area (Å²) in [6, 6.07) is 6.74. The summed E-state index contributed by atoms with van der Waals surface area (Å²) in [5.41, 5.74) is 8.14. The normalized spacial score (nSPS) is 26.4. The largest absolute Gasteiger partial charge is 0.330 e. The fraction of sp³-hybridized carbons (Fsp3) is 0.588. The second-order valence-corrected chi connectivity index (χ2v) is 7.09. The second kappa shape index (κ2) is 5.29. The first kappa shape index (κ1) is 13.6. The van der Waals surface area contributed by atoms with Crippen molar-refractivity contribution in [3.05, 3.63) is 29.0 Å². The number of hydrogen-bond acceptors (Lipinski definition) is 2. The van der Waals surface area contributed by atoms with Gasteiger partial charge in [0.05, 0.1) is 11.0 Å². The van der Waals surface area contributed by atoms with Crippen LogP contribution in [-0.2, 0) is 0 Å². The second-order valence-electron chi connectivity index (χ2n) is 6.66. The SMILES string of the molecule is NCC1CCC(c2nc3ccc(Cl)cc3n2C2CC2)CC1. The fourth-order valence-electron chi connectivity index (χ4n) is 3.75. The number of halogens is 1. The van der Waals surface area contributed by atoms with Gasteiger partial charge in [0.1, 0.15) is 5.82 Å². The van der Waals surface area contributed by atoms with Crippen molar-refractivity contribution in [2.24, 2.45) is 11.7 Å². The van der Waals surface area contributed by atoms with Gasteiger partial charge in [-0.1, -0.05) is 11.6 Å². The Labute approximate surface area is 130 Å². The van der Waals surface area contributed by atoms with Crippen LogP contribution in [-0.4, -0.2) is 16.1 Å². The molecule has 0 bridgehead atoms. The lowest BCUT2D eigenvalue weighted by molar-refractivity contribution is 0.321. The van der Waals surface area contributed by atoms with Gasteiger partial charge in [-0.25, -0.2) is 4.98 Å². The number of fused-ring (bicyclic) bond motifs is 1. The molecule has 4 heteroatoms. The first-order valence-corrected chi connectivity index (χ1v) is 8.51. The van der Waals surface area contributed by atoms with Gasteiger partial charge in [0.25, 0.3) is 0 Å². The first-order chi connectivity index (χ1) is 10.3.